The van der Waals surface area contributed by atoms with Gasteiger partial charge in [0.15, 0.2) is 21.3 Å². The predicted molar refractivity (Wildman–Crippen MR) is 139 cm³/mol. The highest BCUT2D eigenvalue weighted by atomic mass is 32.2. The molecular formula is C26H25NO10S. The van der Waals surface area contributed by atoms with Crippen LogP contribution in [0.1, 0.15) is 21.5 Å². The Balaban J connectivity index is 1.84. The minimum Gasteiger partial charge on any atom is -0.496 e. The van der Waals surface area contributed by atoms with E-state index in [4.69, 9.17) is 23.7 Å². The molecule has 3 rings (SSSR count). The Morgan fingerprint density at radius 3 is 1.97 bits per heavy atom. The molecule has 38 heavy (non-hydrogen) atoms. The van der Waals surface area contributed by atoms with Crippen LogP contribution in [0.3, 0.4) is 0 Å². The molecule has 0 fully saturated rings. The van der Waals surface area contributed by atoms with E-state index in [0.717, 1.165) is 5.41 Å². The Morgan fingerprint density at radius 2 is 1.45 bits per heavy atom. The average molecular weight is 544 g/mol. The maximum atomic E-state index is 12.9. The van der Waals surface area contributed by atoms with Crippen molar-refractivity contribution < 1.29 is 41.8 Å². The topological polar surface area (TPSA) is 140 Å². The average Bonchev–Trinajstić information content (AvgIpc) is 2.91. The summed E-state index contributed by atoms with van der Waals surface area (Å²) >= 11 is 0. The molecule has 0 aliphatic carbocycles. The molecule has 12 heteroatoms. The maximum Gasteiger partial charge on any atom is 0.343 e. The van der Waals surface area contributed by atoms with E-state index in [1.165, 1.54) is 77.0 Å². The standard InChI is InChI=1S/C26H25NO10S/c1-33-20-14-23(35-3)21(24(15-20)36-4)11-12-38(31,32)16-17-5-10-22(34-2)25(13-17)37-26(28)18-6-8-19(9-7-18)27(29)30/h5-15H,16H2,1-4H3/b12-11+. The van der Waals surface area contributed by atoms with Crippen molar-refractivity contribution in [1.82, 2.24) is 0 Å². The Hall–Kier alpha value is -4.58. The van der Waals surface area contributed by atoms with E-state index in [0.29, 0.717) is 28.4 Å². The molecule has 0 spiro atoms. The van der Waals surface area contributed by atoms with Crippen molar-refractivity contribution in [3.8, 4) is 28.7 Å². The lowest BCUT2D eigenvalue weighted by Gasteiger charge is -2.13. The number of ether oxygens (including phenoxy) is 5. The zero-order valence-electron chi connectivity index (χ0n) is 21.0. The number of rotatable bonds is 11. The second-order valence-electron chi connectivity index (χ2n) is 7.73. The molecule has 0 N–H and O–H groups in total. The van der Waals surface area contributed by atoms with E-state index in [2.05, 4.69) is 0 Å². The molecule has 200 valence electrons. The first kappa shape index (κ1) is 28.0. The van der Waals surface area contributed by atoms with Gasteiger partial charge in [-0.15, -0.1) is 0 Å². The highest BCUT2D eigenvalue weighted by molar-refractivity contribution is 7.93. The summed E-state index contributed by atoms with van der Waals surface area (Å²) in [6, 6.07) is 12.5. The zero-order valence-corrected chi connectivity index (χ0v) is 21.8. The Kier molecular flexibility index (Phi) is 8.92. The van der Waals surface area contributed by atoms with E-state index >= 15 is 0 Å². The third-order valence-electron chi connectivity index (χ3n) is 5.31. The zero-order chi connectivity index (χ0) is 27.9. The van der Waals surface area contributed by atoms with Crippen molar-refractivity contribution in [3.05, 3.63) is 86.8 Å². The number of non-ortho nitro benzene ring substituents is 1. The van der Waals surface area contributed by atoms with Gasteiger partial charge in [0, 0.05) is 29.7 Å². The summed E-state index contributed by atoms with van der Waals surface area (Å²) in [6.07, 6.45) is 1.37. The van der Waals surface area contributed by atoms with Crippen LogP contribution in [0.4, 0.5) is 5.69 Å². The summed E-state index contributed by atoms with van der Waals surface area (Å²) < 4.78 is 52.3. The monoisotopic (exact) mass is 543 g/mol. The molecule has 0 aromatic heterocycles. The number of methoxy groups -OCH3 is 4. The lowest BCUT2D eigenvalue weighted by Crippen LogP contribution is -2.10. The molecule has 0 atom stereocenters. The number of sulfone groups is 1. The summed E-state index contributed by atoms with van der Waals surface area (Å²) in [5, 5.41) is 11.9. The van der Waals surface area contributed by atoms with Crippen LogP contribution in [0.5, 0.6) is 28.7 Å². The molecule has 0 aliphatic rings. The third kappa shape index (κ3) is 6.79. The molecule has 3 aromatic rings. The van der Waals surface area contributed by atoms with Gasteiger partial charge in [-0.3, -0.25) is 10.1 Å². The highest BCUT2D eigenvalue weighted by Gasteiger charge is 2.18. The molecule has 0 unspecified atom stereocenters. The van der Waals surface area contributed by atoms with Gasteiger partial charge in [0.1, 0.15) is 17.2 Å². The number of nitro groups is 1. The molecule has 3 aromatic carbocycles. The van der Waals surface area contributed by atoms with Crippen molar-refractivity contribution in [2.75, 3.05) is 28.4 Å². The Labute approximate surface area is 219 Å². The van der Waals surface area contributed by atoms with Crippen LogP contribution in [0.25, 0.3) is 6.08 Å². The van der Waals surface area contributed by atoms with Crippen LogP contribution in [0.2, 0.25) is 0 Å². The molecule has 0 aliphatic heterocycles. The van der Waals surface area contributed by atoms with E-state index in [1.807, 2.05) is 0 Å². The van der Waals surface area contributed by atoms with Crippen LogP contribution in [0, 0.1) is 10.1 Å². The van der Waals surface area contributed by atoms with Gasteiger partial charge in [0.25, 0.3) is 5.69 Å². The van der Waals surface area contributed by atoms with Crippen molar-refractivity contribution >= 4 is 27.6 Å². The molecule has 0 amide bonds. The molecule has 0 heterocycles. The van der Waals surface area contributed by atoms with E-state index < -0.39 is 26.5 Å². The SMILES string of the molecule is COc1cc(OC)c(/C=C/S(=O)(=O)Cc2ccc(OC)c(OC(=O)c3ccc([N+](=O)[O-])cc3)c2)c(OC)c1. The first-order chi connectivity index (χ1) is 18.1. The van der Waals surface area contributed by atoms with Crippen LogP contribution in [-0.2, 0) is 15.6 Å². The molecule has 0 saturated carbocycles. The van der Waals surface area contributed by atoms with Crippen LogP contribution >= 0.6 is 0 Å². The van der Waals surface area contributed by atoms with E-state index in [1.54, 1.807) is 12.1 Å². The molecule has 0 radical (unpaired) electrons. The van der Waals surface area contributed by atoms with Gasteiger partial charge in [0.2, 0.25) is 0 Å². The van der Waals surface area contributed by atoms with Gasteiger partial charge in [-0.05, 0) is 35.9 Å². The van der Waals surface area contributed by atoms with Crippen LogP contribution in [-0.4, -0.2) is 47.7 Å². The van der Waals surface area contributed by atoms with Gasteiger partial charge in [-0.2, -0.15) is 0 Å². The van der Waals surface area contributed by atoms with Gasteiger partial charge in [-0.1, -0.05) is 6.07 Å². The number of esters is 1. The number of nitrogens with zero attached hydrogens (tertiary/aromatic N) is 1. The summed E-state index contributed by atoms with van der Waals surface area (Å²) in [4.78, 5) is 22.8. The first-order valence-electron chi connectivity index (χ1n) is 10.9. The fourth-order valence-corrected chi connectivity index (χ4v) is 4.50. The fraction of sp³-hybridized carbons (Fsp3) is 0.192. The van der Waals surface area contributed by atoms with Crippen molar-refractivity contribution in [1.29, 1.82) is 0 Å². The predicted octanol–water partition coefficient (Wildman–Crippen LogP) is 4.43. The summed E-state index contributed by atoms with van der Waals surface area (Å²) in [6.45, 7) is 0. The second kappa shape index (κ2) is 12.1. The highest BCUT2D eigenvalue weighted by Crippen LogP contribution is 2.35. The third-order valence-corrected chi connectivity index (χ3v) is 6.59. The molecule has 11 nitrogen and oxygen atoms in total. The largest absolute Gasteiger partial charge is 0.496 e. The number of carbonyl (C=O) groups excluding carboxylic acids is 1. The van der Waals surface area contributed by atoms with Gasteiger partial charge in [0.05, 0.1) is 50.2 Å². The lowest BCUT2D eigenvalue weighted by molar-refractivity contribution is -0.384. The normalized spacial score (nSPS) is 11.2. The van der Waals surface area contributed by atoms with Crippen molar-refractivity contribution in [3.63, 3.8) is 0 Å². The first-order valence-corrected chi connectivity index (χ1v) is 12.7. The number of hydrogen-bond donors (Lipinski definition) is 0. The van der Waals surface area contributed by atoms with Crippen LogP contribution < -0.4 is 23.7 Å². The van der Waals surface area contributed by atoms with E-state index in [-0.39, 0.29) is 22.7 Å². The van der Waals surface area contributed by atoms with Gasteiger partial charge < -0.3 is 23.7 Å². The molecular weight excluding hydrogens is 518 g/mol. The van der Waals surface area contributed by atoms with Crippen molar-refractivity contribution in [2.24, 2.45) is 0 Å². The number of carbonyl (C=O) groups is 1. The molecule has 0 bridgehead atoms. The quantitative estimate of drug-likeness (QED) is 0.148. The molecule has 0 saturated heterocycles. The smallest absolute Gasteiger partial charge is 0.343 e. The van der Waals surface area contributed by atoms with Crippen molar-refractivity contribution in [2.45, 2.75) is 5.75 Å². The lowest BCUT2D eigenvalue weighted by atomic mass is 10.1. The Bertz CT molecular complexity index is 1440. The number of hydrogen-bond acceptors (Lipinski definition) is 10. The van der Waals surface area contributed by atoms with Gasteiger partial charge >= 0.3 is 5.97 Å². The Morgan fingerprint density at radius 1 is 0.842 bits per heavy atom. The van der Waals surface area contributed by atoms with Crippen LogP contribution in [0.15, 0.2) is 60.0 Å². The maximum absolute atomic E-state index is 12.9. The number of benzene rings is 3. The fourth-order valence-electron chi connectivity index (χ4n) is 3.42. The minimum absolute atomic E-state index is 0.00831. The summed E-state index contributed by atoms with van der Waals surface area (Å²) in [7, 11) is 1.94. The number of nitro benzene ring substituents is 1. The van der Waals surface area contributed by atoms with Gasteiger partial charge in [-0.25, -0.2) is 13.2 Å². The second-order valence-corrected chi connectivity index (χ2v) is 9.62. The minimum atomic E-state index is -3.80. The van der Waals surface area contributed by atoms with E-state index in [9.17, 15) is 23.3 Å². The summed E-state index contributed by atoms with van der Waals surface area (Å²) in [5.74, 6) is 0.186. The summed E-state index contributed by atoms with van der Waals surface area (Å²) in [5.41, 5.74) is 0.632.